The molecule has 0 radical (unpaired) electrons. The van der Waals surface area contributed by atoms with Crippen LogP contribution in [0.5, 0.6) is 0 Å². The third-order valence-electron chi connectivity index (χ3n) is 4.54. The van der Waals surface area contributed by atoms with E-state index < -0.39 is 30.3 Å². The monoisotopic (exact) mass is 379 g/mol. The maximum Gasteiger partial charge on any atom is 0.407 e. The number of nitrogens with zero attached hydrogens (tertiary/aromatic N) is 2. The van der Waals surface area contributed by atoms with Crippen molar-refractivity contribution >= 4 is 24.1 Å². The van der Waals surface area contributed by atoms with E-state index in [4.69, 9.17) is 15.4 Å². The van der Waals surface area contributed by atoms with Crippen molar-refractivity contribution in [1.29, 1.82) is 0 Å². The fraction of sp³-hybridized carbons (Fsp3) is 0.200. The van der Waals surface area contributed by atoms with Crippen molar-refractivity contribution in [1.82, 2.24) is 5.32 Å². The number of benzene rings is 2. The van der Waals surface area contributed by atoms with E-state index in [0.29, 0.717) is 6.21 Å². The predicted octanol–water partition coefficient (Wildman–Crippen LogP) is 2.24. The molecule has 8 heteroatoms. The molecule has 1 atom stereocenters. The van der Waals surface area contributed by atoms with Crippen LogP contribution < -0.4 is 5.32 Å². The van der Waals surface area contributed by atoms with Gasteiger partial charge in [-0.05, 0) is 22.3 Å². The number of ketones is 1. The summed E-state index contributed by atoms with van der Waals surface area (Å²) < 4.78 is 5.28. The average Bonchev–Trinajstić information content (AvgIpc) is 3.00. The molecule has 142 valence electrons. The van der Waals surface area contributed by atoms with Gasteiger partial charge in [0.15, 0.2) is 0 Å². The van der Waals surface area contributed by atoms with Gasteiger partial charge in [-0.3, -0.25) is 9.59 Å². The molecule has 8 nitrogen and oxygen atoms in total. The summed E-state index contributed by atoms with van der Waals surface area (Å²) in [5.74, 6) is -2.30. The Morgan fingerprint density at radius 3 is 2.21 bits per heavy atom. The maximum atomic E-state index is 12.1. The molecule has 2 N–H and O–H groups in total. The second-order valence-electron chi connectivity index (χ2n) is 6.27. The zero-order chi connectivity index (χ0) is 20.1. The summed E-state index contributed by atoms with van der Waals surface area (Å²) in [7, 11) is 0. The van der Waals surface area contributed by atoms with Crippen LogP contribution in [0.4, 0.5) is 4.79 Å². The van der Waals surface area contributed by atoms with Crippen molar-refractivity contribution in [2.45, 2.75) is 18.4 Å². The Kier molecular flexibility index (Phi) is 5.62. The highest BCUT2D eigenvalue weighted by Crippen LogP contribution is 2.44. The summed E-state index contributed by atoms with van der Waals surface area (Å²) in [6.07, 6.45) is -1.04. The maximum absolute atomic E-state index is 12.1. The molecule has 2 aromatic carbocycles. The molecule has 28 heavy (non-hydrogen) atoms. The number of aliphatic carboxylic acids is 1. The number of Topliss-reactive ketones (excluding diaryl/α,β-unsaturated/α-hetero) is 1. The predicted molar refractivity (Wildman–Crippen MR) is 98.9 cm³/mol. The van der Waals surface area contributed by atoms with Gasteiger partial charge in [0.05, 0.1) is 6.42 Å². The number of amides is 1. The zero-order valence-corrected chi connectivity index (χ0v) is 14.7. The summed E-state index contributed by atoms with van der Waals surface area (Å²) in [5, 5.41) is 11.1. The van der Waals surface area contributed by atoms with Gasteiger partial charge in [0.25, 0.3) is 5.78 Å². The van der Waals surface area contributed by atoms with Gasteiger partial charge in [0, 0.05) is 5.92 Å². The van der Waals surface area contributed by atoms with E-state index in [9.17, 15) is 14.4 Å². The fourth-order valence-corrected chi connectivity index (χ4v) is 3.33. The Bertz CT molecular complexity index is 936. The number of fused-ring (bicyclic) bond motifs is 3. The number of hydrogen-bond acceptors (Lipinski definition) is 4. The van der Waals surface area contributed by atoms with Crippen molar-refractivity contribution in [2.75, 3.05) is 6.61 Å². The van der Waals surface area contributed by atoms with E-state index in [1.54, 1.807) is 0 Å². The van der Waals surface area contributed by atoms with Gasteiger partial charge >= 0.3 is 18.3 Å². The van der Waals surface area contributed by atoms with Gasteiger partial charge in [0.2, 0.25) is 0 Å². The molecule has 1 aliphatic rings. The largest absolute Gasteiger partial charge is 0.481 e. The Morgan fingerprint density at radius 2 is 1.68 bits per heavy atom. The van der Waals surface area contributed by atoms with Gasteiger partial charge in [-0.2, -0.15) is 4.79 Å². The molecule has 1 aliphatic carbocycles. The molecule has 1 amide bonds. The number of carbonyl (C=O) groups is 3. The van der Waals surface area contributed by atoms with Crippen LogP contribution in [-0.4, -0.2) is 46.6 Å². The molecule has 0 spiro atoms. The van der Waals surface area contributed by atoms with Crippen molar-refractivity contribution in [3.63, 3.8) is 0 Å². The molecule has 0 bridgehead atoms. The van der Waals surface area contributed by atoms with Crippen LogP contribution in [0.2, 0.25) is 0 Å². The number of carboxylic acids is 1. The Morgan fingerprint density at radius 1 is 1.11 bits per heavy atom. The molecular weight excluding hydrogens is 362 g/mol. The second kappa shape index (κ2) is 8.28. The highest BCUT2D eigenvalue weighted by atomic mass is 16.5. The van der Waals surface area contributed by atoms with Gasteiger partial charge in [-0.25, -0.2) is 4.79 Å². The number of ether oxygens (including phenoxy) is 1. The first-order valence-electron chi connectivity index (χ1n) is 8.56. The van der Waals surface area contributed by atoms with Gasteiger partial charge in [-0.15, -0.1) is 0 Å². The number of rotatable bonds is 7. The van der Waals surface area contributed by atoms with Crippen LogP contribution in [0.15, 0.2) is 48.5 Å². The molecule has 0 saturated carbocycles. The van der Waals surface area contributed by atoms with E-state index in [2.05, 4.69) is 10.1 Å². The van der Waals surface area contributed by atoms with E-state index in [0.717, 1.165) is 22.3 Å². The van der Waals surface area contributed by atoms with Crippen molar-refractivity contribution in [2.24, 2.45) is 0 Å². The highest BCUT2D eigenvalue weighted by molar-refractivity contribution is 6.28. The first-order chi connectivity index (χ1) is 13.5. The molecule has 0 aromatic heterocycles. The summed E-state index contributed by atoms with van der Waals surface area (Å²) in [4.78, 5) is 37.4. The van der Waals surface area contributed by atoms with Gasteiger partial charge in [0.1, 0.15) is 12.6 Å². The van der Waals surface area contributed by atoms with Crippen LogP contribution in [-0.2, 0) is 14.3 Å². The number of nitrogens with one attached hydrogen (secondary N) is 1. The Hall–Kier alpha value is -3.77. The molecule has 0 saturated heterocycles. The van der Waals surface area contributed by atoms with Crippen molar-refractivity contribution in [3.05, 3.63) is 65.2 Å². The molecular formula is C20H17N3O5. The number of alkyl carbamates (subject to hydrolysis) is 1. The van der Waals surface area contributed by atoms with E-state index >= 15 is 0 Å². The average molecular weight is 379 g/mol. The van der Waals surface area contributed by atoms with Gasteiger partial charge in [-0.1, -0.05) is 48.5 Å². The third-order valence-corrected chi connectivity index (χ3v) is 4.54. The second-order valence-corrected chi connectivity index (χ2v) is 6.27. The van der Waals surface area contributed by atoms with Crippen LogP contribution in [0, 0.1) is 0 Å². The van der Waals surface area contributed by atoms with Crippen molar-refractivity contribution < 1.29 is 29.0 Å². The number of hydrogen-bond donors (Lipinski definition) is 2. The summed E-state index contributed by atoms with van der Waals surface area (Å²) in [6.45, 7) is 0.0297. The molecule has 2 aromatic rings. The molecule has 0 fully saturated rings. The molecule has 3 rings (SSSR count). The standard InChI is InChI=1S/C20H17N3O5/c21-22-10-18(24)17(9-19(25)26)23-20(27)28-11-16-14-7-3-1-5-12(14)13-6-2-4-8-15(13)16/h1-8,10,16-17H,9,11H2,(H,23,27)(H,25,26)/t17-/m0/s1. The fourth-order valence-electron chi connectivity index (χ4n) is 3.33. The first kappa shape index (κ1) is 19.0. The SMILES string of the molecule is [N-]=[N+]=CC(=O)[C@H](CC(=O)O)NC(=O)OCC1c2ccccc2-c2ccccc21. The topological polar surface area (TPSA) is 129 Å². The van der Waals surface area contributed by atoms with Crippen LogP contribution in [0.1, 0.15) is 23.5 Å². The van der Waals surface area contributed by atoms with E-state index in [1.807, 2.05) is 48.5 Å². The summed E-state index contributed by atoms with van der Waals surface area (Å²) >= 11 is 0. The van der Waals surface area contributed by atoms with Gasteiger partial charge < -0.3 is 20.7 Å². The minimum atomic E-state index is -1.39. The third kappa shape index (κ3) is 3.97. The lowest BCUT2D eigenvalue weighted by Crippen LogP contribution is -2.43. The quantitative estimate of drug-likeness (QED) is 0.433. The first-order valence-corrected chi connectivity index (χ1v) is 8.56. The summed E-state index contributed by atoms with van der Waals surface area (Å²) in [6, 6.07) is 14.3. The van der Waals surface area contributed by atoms with Crippen LogP contribution in [0.3, 0.4) is 0 Å². The van der Waals surface area contributed by atoms with Crippen LogP contribution in [0.25, 0.3) is 16.7 Å². The number of carbonyl (C=O) groups excluding carboxylic acids is 2. The number of carboxylic acid groups (broad SMARTS) is 1. The lowest BCUT2D eigenvalue weighted by atomic mass is 9.98. The lowest BCUT2D eigenvalue weighted by molar-refractivity contribution is -0.139. The molecule has 0 heterocycles. The highest BCUT2D eigenvalue weighted by Gasteiger charge is 2.30. The summed E-state index contributed by atoms with van der Waals surface area (Å²) in [5.41, 5.74) is 12.7. The minimum Gasteiger partial charge on any atom is -0.481 e. The van der Waals surface area contributed by atoms with Crippen molar-refractivity contribution in [3.8, 4) is 11.1 Å². The normalized spacial score (nSPS) is 12.9. The minimum absolute atomic E-state index is 0.0297. The lowest BCUT2D eigenvalue weighted by Gasteiger charge is -2.16. The zero-order valence-electron chi connectivity index (χ0n) is 14.7. The molecule has 0 aliphatic heterocycles. The van der Waals surface area contributed by atoms with E-state index in [-0.39, 0.29) is 12.5 Å². The van der Waals surface area contributed by atoms with E-state index in [1.165, 1.54) is 0 Å². The van der Waals surface area contributed by atoms with Crippen LogP contribution >= 0.6 is 0 Å². The Labute approximate surface area is 160 Å². The Balaban J connectivity index is 1.71. The smallest absolute Gasteiger partial charge is 0.407 e. The molecule has 0 unspecified atom stereocenters.